The van der Waals surface area contributed by atoms with Gasteiger partial charge < -0.3 is 5.11 Å². The number of aliphatic carboxylic acids is 1. The predicted molar refractivity (Wildman–Crippen MR) is 34.9 cm³/mol. The van der Waals surface area contributed by atoms with Crippen molar-refractivity contribution in [3.8, 4) is 0 Å². The van der Waals surface area contributed by atoms with Gasteiger partial charge in [0.15, 0.2) is 5.78 Å². The summed E-state index contributed by atoms with van der Waals surface area (Å²) in [6, 6.07) is 0. The first-order valence-electron chi connectivity index (χ1n) is 3.26. The lowest BCUT2D eigenvalue weighted by Crippen LogP contribution is -2.42. The SMILES string of the molecule is O=C(O)CN1OCC(=O)CC1=O. The predicted octanol–water partition coefficient (Wildman–Crippen LogP) is -1.20. The Bertz CT molecular complexity index is 236. The first-order chi connectivity index (χ1) is 5.59. The van der Waals surface area contributed by atoms with E-state index in [0.717, 1.165) is 0 Å². The molecule has 1 aliphatic rings. The maximum atomic E-state index is 10.9. The van der Waals surface area contributed by atoms with Gasteiger partial charge in [0, 0.05) is 0 Å². The van der Waals surface area contributed by atoms with Gasteiger partial charge in [-0.3, -0.25) is 19.2 Å². The second-order valence-corrected chi connectivity index (χ2v) is 2.31. The van der Waals surface area contributed by atoms with Gasteiger partial charge in [-0.2, -0.15) is 0 Å². The van der Waals surface area contributed by atoms with Gasteiger partial charge in [0.05, 0.1) is 6.42 Å². The van der Waals surface area contributed by atoms with Crippen molar-refractivity contribution in [2.45, 2.75) is 6.42 Å². The molecule has 0 spiro atoms. The third kappa shape index (κ3) is 2.03. The van der Waals surface area contributed by atoms with E-state index >= 15 is 0 Å². The van der Waals surface area contributed by atoms with Gasteiger partial charge in [0.2, 0.25) is 0 Å². The minimum Gasteiger partial charge on any atom is -0.480 e. The third-order valence-corrected chi connectivity index (χ3v) is 1.29. The summed E-state index contributed by atoms with van der Waals surface area (Å²) >= 11 is 0. The van der Waals surface area contributed by atoms with Gasteiger partial charge in [0.25, 0.3) is 5.91 Å². The average Bonchev–Trinajstić information content (AvgIpc) is 1.94. The Kier molecular flexibility index (Phi) is 2.39. The molecule has 0 unspecified atom stereocenters. The molecule has 0 atom stereocenters. The number of carbonyl (C=O) groups is 3. The van der Waals surface area contributed by atoms with Crippen LogP contribution in [0.25, 0.3) is 0 Å². The van der Waals surface area contributed by atoms with Crippen LogP contribution in [0.15, 0.2) is 0 Å². The van der Waals surface area contributed by atoms with Gasteiger partial charge in [0.1, 0.15) is 13.2 Å². The number of rotatable bonds is 2. The molecule has 1 rings (SSSR count). The molecule has 0 saturated carbocycles. The molecular formula is C6H7NO5. The van der Waals surface area contributed by atoms with Crippen molar-refractivity contribution in [2.24, 2.45) is 0 Å². The second-order valence-electron chi connectivity index (χ2n) is 2.31. The molecule has 0 aromatic heterocycles. The average molecular weight is 173 g/mol. The standard InChI is InChI=1S/C6H7NO5/c8-4-1-5(9)7(12-3-4)2-6(10)11/h1-3H2,(H,10,11). The number of Topliss-reactive ketones (excluding diaryl/α,β-unsaturated/α-hetero) is 1. The summed E-state index contributed by atoms with van der Waals surface area (Å²) in [5.41, 5.74) is 0. The summed E-state index contributed by atoms with van der Waals surface area (Å²) in [5.74, 6) is -2.10. The zero-order chi connectivity index (χ0) is 9.14. The van der Waals surface area contributed by atoms with E-state index < -0.39 is 18.4 Å². The first kappa shape index (κ1) is 8.66. The molecule has 6 heteroatoms. The largest absolute Gasteiger partial charge is 0.480 e. The third-order valence-electron chi connectivity index (χ3n) is 1.29. The van der Waals surface area contributed by atoms with Gasteiger partial charge in [-0.25, -0.2) is 5.06 Å². The highest BCUT2D eigenvalue weighted by Gasteiger charge is 2.26. The zero-order valence-corrected chi connectivity index (χ0v) is 6.15. The van der Waals surface area contributed by atoms with Crippen molar-refractivity contribution in [1.82, 2.24) is 5.06 Å². The summed E-state index contributed by atoms with van der Waals surface area (Å²) in [6.07, 6.45) is -0.271. The van der Waals surface area contributed by atoms with Crippen LogP contribution >= 0.6 is 0 Å². The smallest absolute Gasteiger partial charge is 0.325 e. The number of carboxylic acids is 1. The van der Waals surface area contributed by atoms with E-state index in [-0.39, 0.29) is 18.8 Å². The van der Waals surface area contributed by atoms with Crippen LogP contribution in [0.5, 0.6) is 0 Å². The second kappa shape index (κ2) is 3.31. The maximum absolute atomic E-state index is 10.9. The lowest BCUT2D eigenvalue weighted by molar-refractivity contribution is -0.201. The van der Waals surface area contributed by atoms with Crippen LogP contribution in [0, 0.1) is 0 Å². The van der Waals surface area contributed by atoms with E-state index in [2.05, 4.69) is 4.84 Å². The molecule has 0 aromatic rings. The molecule has 12 heavy (non-hydrogen) atoms. The Balaban J connectivity index is 2.51. The van der Waals surface area contributed by atoms with Gasteiger partial charge >= 0.3 is 5.97 Å². The highest BCUT2D eigenvalue weighted by atomic mass is 16.7. The Hall–Kier alpha value is -1.43. The fourth-order valence-electron chi connectivity index (χ4n) is 0.786. The molecule has 66 valence electrons. The number of carboxylic acid groups (broad SMARTS) is 1. The lowest BCUT2D eigenvalue weighted by Gasteiger charge is -2.22. The molecule has 1 heterocycles. The fourth-order valence-corrected chi connectivity index (χ4v) is 0.786. The Labute approximate surface area is 67.7 Å². The molecule has 1 aliphatic heterocycles. The summed E-state index contributed by atoms with van der Waals surface area (Å²) in [5, 5.41) is 8.97. The summed E-state index contributed by atoms with van der Waals surface area (Å²) < 4.78 is 0. The van der Waals surface area contributed by atoms with Crippen LogP contribution in [-0.2, 0) is 19.2 Å². The molecule has 1 amide bonds. The van der Waals surface area contributed by atoms with E-state index in [9.17, 15) is 14.4 Å². The Morgan fingerprint density at radius 2 is 2.25 bits per heavy atom. The number of hydrogen-bond donors (Lipinski definition) is 1. The van der Waals surface area contributed by atoms with Crippen molar-refractivity contribution < 1.29 is 24.3 Å². The molecule has 0 aromatic carbocycles. The van der Waals surface area contributed by atoms with E-state index in [4.69, 9.17) is 5.11 Å². The Morgan fingerprint density at radius 1 is 1.58 bits per heavy atom. The van der Waals surface area contributed by atoms with Crippen LogP contribution in [0.3, 0.4) is 0 Å². The highest BCUT2D eigenvalue weighted by Crippen LogP contribution is 2.03. The van der Waals surface area contributed by atoms with Crippen molar-refractivity contribution >= 4 is 17.7 Å². The number of carbonyl (C=O) groups excluding carboxylic acids is 2. The monoisotopic (exact) mass is 173 g/mol. The topological polar surface area (TPSA) is 83.9 Å². The zero-order valence-electron chi connectivity index (χ0n) is 6.15. The van der Waals surface area contributed by atoms with Crippen LogP contribution in [0.4, 0.5) is 0 Å². The summed E-state index contributed by atoms with van der Waals surface area (Å²) in [6.45, 7) is -0.745. The van der Waals surface area contributed by atoms with E-state index in [1.165, 1.54) is 0 Å². The minimum absolute atomic E-state index is 0.223. The van der Waals surface area contributed by atoms with Gasteiger partial charge in [-0.1, -0.05) is 0 Å². The molecular weight excluding hydrogens is 166 g/mol. The first-order valence-corrected chi connectivity index (χ1v) is 3.26. The molecule has 0 aliphatic carbocycles. The van der Waals surface area contributed by atoms with Crippen LogP contribution in [-0.4, -0.2) is 41.0 Å². The van der Waals surface area contributed by atoms with Crippen LogP contribution in [0.1, 0.15) is 6.42 Å². The number of ketones is 1. The van der Waals surface area contributed by atoms with Crippen LogP contribution in [0.2, 0.25) is 0 Å². The summed E-state index contributed by atoms with van der Waals surface area (Å²) in [4.78, 5) is 36.1. The molecule has 1 saturated heterocycles. The van der Waals surface area contributed by atoms with Gasteiger partial charge in [-0.05, 0) is 0 Å². The number of hydroxylamine groups is 2. The van der Waals surface area contributed by atoms with E-state index in [0.29, 0.717) is 5.06 Å². The molecule has 0 bridgehead atoms. The summed E-state index contributed by atoms with van der Waals surface area (Å²) in [7, 11) is 0. The van der Waals surface area contributed by atoms with E-state index in [1.54, 1.807) is 0 Å². The maximum Gasteiger partial charge on any atom is 0.325 e. The normalized spacial score (nSPS) is 18.2. The minimum atomic E-state index is -1.17. The van der Waals surface area contributed by atoms with Gasteiger partial charge in [-0.15, -0.1) is 0 Å². The van der Waals surface area contributed by atoms with Crippen molar-refractivity contribution in [3.63, 3.8) is 0 Å². The number of amides is 1. The highest BCUT2D eigenvalue weighted by molar-refractivity contribution is 6.00. The number of hydrogen-bond acceptors (Lipinski definition) is 4. The van der Waals surface area contributed by atoms with Crippen LogP contribution < -0.4 is 0 Å². The van der Waals surface area contributed by atoms with Crippen molar-refractivity contribution in [3.05, 3.63) is 0 Å². The quantitative estimate of drug-likeness (QED) is 0.530. The molecule has 1 fully saturated rings. The molecule has 0 radical (unpaired) electrons. The number of nitrogens with zero attached hydrogens (tertiary/aromatic N) is 1. The fraction of sp³-hybridized carbons (Fsp3) is 0.500. The van der Waals surface area contributed by atoms with E-state index in [1.807, 2.05) is 0 Å². The molecule has 6 nitrogen and oxygen atoms in total. The Morgan fingerprint density at radius 3 is 2.75 bits per heavy atom. The van der Waals surface area contributed by atoms with Crippen molar-refractivity contribution in [1.29, 1.82) is 0 Å². The van der Waals surface area contributed by atoms with Crippen molar-refractivity contribution in [2.75, 3.05) is 13.2 Å². The molecule has 1 N–H and O–H groups in total. The lowest BCUT2D eigenvalue weighted by atomic mass is 10.2.